The minimum Gasteiger partial charge on any atom is -0.489 e. The van der Waals surface area contributed by atoms with Gasteiger partial charge < -0.3 is 15.4 Å². The lowest BCUT2D eigenvalue weighted by Gasteiger charge is -2.15. The van der Waals surface area contributed by atoms with Crippen LogP contribution in [0.3, 0.4) is 0 Å². The number of benzene rings is 2. The number of ether oxygens (including phenoxy) is 1. The van der Waals surface area contributed by atoms with Gasteiger partial charge in [0.25, 0.3) is 0 Å². The first-order chi connectivity index (χ1) is 11.5. The summed E-state index contributed by atoms with van der Waals surface area (Å²) in [6.07, 6.45) is 0.484. The van der Waals surface area contributed by atoms with Gasteiger partial charge >= 0.3 is 0 Å². The molecule has 0 aliphatic rings. The number of aryl methyl sites for hydroxylation is 1. The van der Waals surface area contributed by atoms with Crippen molar-refractivity contribution in [1.82, 2.24) is 0 Å². The molecule has 2 rings (SSSR count). The summed E-state index contributed by atoms with van der Waals surface area (Å²) in [4.78, 5) is 12.1. The molecule has 0 saturated heterocycles. The van der Waals surface area contributed by atoms with Crippen LogP contribution >= 0.6 is 15.9 Å². The monoisotopic (exact) mass is 390 g/mol. The summed E-state index contributed by atoms with van der Waals surface area (Å²) in [7, 11) is 0. The van der Waals surface area contributed by atoms with Crippen molar-refractivity contribution in [3.63, 3.8) is 0 Å². The highest BCUT2D eigenvalue weighted by atomic mass is 79.9. The molecular weight excluding hydrogens is 368 g/mol. The topological polar surface area (TPSA) is 50.4 Å². The summed E-state index contributed by atoms with van der Waals surface area (Å²) >= 11 is 3.47. The van der Waals surface area contributed by atoms with E-state index in [-0.39, 0.29) is 12.0 Å². The standard InChI is InChI=1S/C19H23BrN2O2/c1-13(2)24-18-7-5-4-6-17(18)21-11-10-19(23)22-15-9-8-14(3)16(20)12-15/h4-9,12-13,21H,10-11H2,1-3H3,(H,22,23). The first kappa shape index (κ1) is 18.3. The summed E-state index contributed by atoms with van der Waals surface area (Å²) in [5.41, 5.74) is 2.83. The van der Waals surface area contributed by atoms with Gasteiger partial charge in [0.2, 0.25) is 5.91 Å². The number of rotatable bonds is 7. The minimum absolute atomic E-state index is 0.0273. The Labute approximate surface area is 151 Å². The molecule has 0 bridgehead atoms. The maximum absolute atomic E-state index is 12.1. The van der Waals surface area contributed by atoms with E-state index in [1.807, 2.05) is 63.2 Å². The van der Waals surface area contributed by atoms with Crippen LogP contribution in [0.2, 0.25) is 0 Å². The third-order valence-electron chi connectivity index (χ3n) is 3.37. The maximum Gasteiger partial charge on any atom is 0.226 e. The van der Waals surface area contributed by atoms with Crippen molar-refractivity contribution >= 4 is 33.2 Å². The van der Waals surface area contributed by atoms with Gasteiger partial charge in [0.15, 0.2) is 0 Å². The summed E-state index contributed by atoms with van der Waals surface area (Å²) in [5.74, 6) is 0.774. The molecule has 5 heteroatoms. The van der Waals surface area contributed by atoms with Crippen molar-refractivity contribution in [2.24, 2.45) is 0 Å². The average Bonchev–Trinajstić information content (AvgIpc) is 2.52. The fourth-order valence-electron chi connectivity index (χ4n) is 2.17. The van der Waals surface area contributed by atoms with Crippen LogP contribution in [-0.4, -0.2) is 18.6 Å². The van der Waals surface area contributed by atoms with Gasteiger partial charge in [-0.15, -0.1) is 0 Å². The largest absolute Gasteiger partial charge is 0.489 e. The van der Waals surface area contributed by atoms with Crippen molar-refractivity contribution < 1.29 is 9.53 Å². The molecule has 2 aromatic rings. The van der Waals surface area contributed by atoms with Gasteiger partial charge in [-0.1, -0.05) is 34.1 Å². The van der Waals surface area contributed by atoms with Gasteiger partial charge in [0.1, 0.15) is 5.75 Å². The van der Waals surface area contributed by atoms with Gasteiger partial charge in [-0.25, -0.2) is 0 Å². The predicted octanol–water partition coefficient (Wildman–Crippen LogP) is 4.99. The molecular formula is C19H23BrN2O2. The summed E-state index contributed by atoms with van der Waals surface area (Å²) in [5, 5.41) is 6.16. The highest BCUT2D eigenvalue weighted by Gasteiger charge is 2.07. The Balaban J connectivity index is 1.85. The zero-order valence-electron chi connectivity index (χ0n) is 14.2. The fraction of sp³-hybridized carbons (Fsp3) is 0.316. The molecule has 2 N–H and O–H groups in total. The van der Waals surface area contributed by atoms with E-state index < -0.39 is 0 Å². The van der Waals surface area contributed by atoms with Crippen molar-refractivity contribution in [2.45, 2.75) is 33.3 Å². The van der Waals surface area contributed by atoms with Gasteiger partial charge in [0, 0.05) is 23.1 Å². The molecule has 0 saturated carbocycles. The fourth-order valence-corrected chi connectivity index (χ4v) is 2.55. The van der Waals surface area contributed by atoms with Gasteiger partial charge in [-0.05, 0) is 50.6 Å². The number of amides is 1. The number of halogens is 1. The lowest BCUT2D eigenvalue weighted by molar-refractivity contribution is -0.115. The second-order valence-corrected chi connectivity index (χ2v) is 6.71. The molecule has 1 amide bonds. The SMILES string of the molecule is Cc1ccc(NC(=O)CCNc2ccccc2OC(C)C)cc1Br. The van der Waals surface area contributed by atoms with Gasteiger partial charge in [-0.2, -0.15) is 0 Å². The summed E-state index contributed by atoms with van der Waals surface area (Å²) in [6.45, 7) is 6.53. The third kappa shape index (κ3) is 5.57. The van der Waals surface area contributed by atoms with Crippen LogP contribution in [0.4, 0.5) is 11.4 Å². The molecule has 2 aromatic carbocycles. The Morgan fingerprint density at radius 3 is 2.67 bits per heavy atom. The number of hydrogen-bond acceptors (Lipinski definition) is 3. The highest BCUT2D eigenvalue weighted by molar-refractivity contribution is 9.10. The predicted molar refractivity (Wildman–Crippen MR) is 103 cm³/mol. The number of anilines is 2. The van der Waals surface area contributed by atoms with Gasteiger partial charge in [-0.3, -0.25) is 4.79 Å². The lowest BCUT2D eigenvalue weighted by Crippen LogP contribution is -2.17. The lowest BCUT2D eigenvalue weighted by atomic mass is 10.2. The van der Waals surface area contributed by atoms with E-state index in [1.54, 1.807) is 0 Å². The van der Waals surface area contributed by atoms with Gasteiger partial charge in [0.05, 0.1) is 11.8 Å². The number of nitrogens with one attached hydrogen (secondary N) is 2. The van der Waals surface area contributed by atoms with Crippen LogP contribution < -0.4 is 15.4 Å². The van der Waals surface area contributed by atoms with Crippen molar-refractivity contribution in [2.75, 3.05) is 17.2 Å². The van der Waals surface area contributed by atoms with Crippen LogP contribution in [0.5, 0.6) is 5.75 Å². The summed E-state index contributed by atoms with van der Waals surface area (Å²) in [6, 6.07) is 13.5. The molecule has 0 fully saturated rings. The Bertz CT molecular complexity index is 702. The highest BCUT2D eigenvalue weighted by Crippen LogP contribution is 2.25. The molecule has 0 spiro atoms. The van der Waals surface area contributed by atoms with E-state index in [9.17, 15) is 4.79 Å². The van der Waals surface area contributed by atoms with E-state index in [1.165, 1.54) is 0 Å². The van der Waals surface area contributed by atoms with Crippen LogP contribution in [0, 0.1) is 6.92 Å². The Morgan fingerprint density at radius 1 is 1.21 bits per heavy atom. The third-order valence-corrected chi connectivity index (χ3v) is 4.23. The summed E-state index contributed by atoms with van der Waals surface area (Å²) < 4.78 is 6.74. The smallest absolute Gasteiger partial charge is 0.226 e. The first-order valence-corrected chi connectivity index (χ1v) is 8.80. The minimum atomic E-state index is -0.0273. The zero-order valence-corrected chi connectivity index (χ0v) is 15.8. The second-order valence-electron chi connectivity index (χ2n) is 5.85. The number of hydrogen-bond donors (Lipinski definition) is 2. The molecule has 0 heterocycles. The quantitative estimate of drug-likeness (QED) is 0.700. The number of carbonyl (C=O) groups is 1. The molecule has 0 aromatic heterocycles. The molecule has 0 unspecified atom stereocenters. The number of carbonyl (C=O) groups excluding carboxylic acids is 1. The average molecular weight is 391 g/mol. The Morgan fingerprint density at radius 2 is 1.96 bits per heavy atom. The molecule has 0 aliphatic carbocycles. The normalized spacial score (nSPS) is 10.5. The van der Waals surface area contributed by atoms with Crippen LogP contribution in [0.1, 0.15) is 25.8 Å². The molecule has 0 aliphatic heterocycles. The van der Waals surface area contributed by atoms with Crippen LogP contribution in [0.25, 0.3) is 0 Å². The van der Waals surface area contributed by atoms with E-state index in [4.69, 9.17) is 4.74 Å². The Kier molecular flexibility index (Phi) is 6.67. The molecule has 0 atom stereocenters. The van der Waals surface area contributed by atoms with Crippen molar-refractivity contribution in [3.8, 4) is 5.75 Å². The molecule has 128 valence electrons. The number of para-hydroxylation sites is 2. The second kappa shape index (κ2) is 8.73. The zero-order chi connectivity index (χ0) is 17.5. The van der Waals surface area contributed by atoms with E-state index in [2.05, 4.69) is 26.6 Å². The molecule has 24 heavy (non-hydrogen) atoms. The Hall–Kier alpha value is -2.01. The van der Waals surface area contributed by atoms with Crippen LogP contribution in [0.15, 0.2) is 46.9 Å². The molecule has 0 radical (unpaired) electrons. The van der Waals surface area contributed by atoms with E-state index >= 15 is 0 Å². The van der Waals surface area contributed by atoms with Crippen LogP contribution in [-0.2, 0) is 4.79 Å². The van der Waals surface area contributed by atoms with Crippen molar-refractivity contribution in [3.05, 3.63) is 52.5 Å². The van der Waals surface area contributed by atoms with Crippen molar-refractivity contribution in [1.29, 1.82) is 0 Å². The first-order valence-electron chi connectivity index (χ1n) is 8.01. The van der Waals surface area contributed by atoms with E-state index in [0.717, 1.165) is 27.2 Å². The maximum atomic E-state index is 12.1. The van der Waals surface area contributed by atoms with E-state index in [0.29, 0.717) is 13.0 Å². The molecule has 4 nitrogen and oxygen atoms in total.